The highest BCUT2D eigenvalue weighted by molar-refractivity contribution is 9.10. The summed E-state index contributed by atoms with van der Waals surface area (Å²) in [5, 5.41) is 18.7. The second-order valence-corrected chi connectivity index (χ2v) is 12.3. The molecule has 0 fully saturated rings. The van der Waals surface area contributed by atoms with Crippen molar-refractivity contribution in [3.63, 3.8) is 0 Å². The zero-order valence-corrected chi connectivity index (χ0v) is 28.0. The van der Waals surface area contributed by atoms with Crippen molar-refractivity contribution >= 4 is 40.2 Å². The smallest absolute Gasteiger partial charge is 0.240 e. The molecule has 0 aromatic heterocycles. The Labute approximate surface area is 263 Å². The van der Waals surface area contributed by atoms with Gasteiger partial charge in [0.25, 0.3) is 0 Å². The van der Waals surface area contributed by atoms with Crippen molar-refractivity contribution < 1.29 is 14.7 Å². The van der Waals surface area contributed by atoms with Gasteiger partial charge in [0.15, 0.2) is 0 Å². The highest BCUT2D eigenvalue weighted by Crippen LogP contribution is 2.25. The molecule has 0 saturated carbocycles. The molecule has 3 N–H and O–H groups in total. The van der Waals surface area contributed by atoms with E-state index in [0.29, 0.717) is 24.0 Å². The fourth-order valence-electron chi connectivity index (χ4n) is 4.84. The Kier molecular flexibility index (Phi) is 23.8. The number of halogens is 1. The van der Waals surface area contributed by atoms with E-state index in [1.165, 1.54) is 115 Å². The van der Waals surface area contributed by atoms with E-state index < -0.39 is 0 Å². The predicted molar refractivity (Wildman–Crippen MR) is 180 cm³/mol. The van der Waals surface area contributed by atoms with Gasteiger partial charge in [-0.2, -0.15) is 10.2 Å². The summed E-state index contributed by atoms with van der Waals surface area (Å²) in [6, 6.07) is 3.41. The largest absolute Gasteiger partial charge is 0.507 e. The minimum atomic E-state index is -0.132. The molecule has 1 aromatic rings. The van der Waals surface area contributed by atoms with E-state index >= 15 is 0 Å². The maximum atomic E-state index is 12.1. The van der Waals surface area contributed by atoms with Gasteiger partial charge in [-0.3, -0.25) is 9.59 Å². The van der Waals surface area contributed by atoms with Crippen LogP contribution in [-0.4, -0.2) is 29.4 Å². The van der Waals surface area contributed by atoms with E-state index in [2.05, 4.69) is 50.8 Å². The predicted octanol–water partition coefficient (Wildman–Crippen LogP) is 9.68. The number of hydrogen-bond donors (Lipinski definition) is 3. The molecule has 2 amide bonds. The molecule has 7 nitrogen and oxygen atoms in total. The zero-order chi connectivity index (χ0) is 30.7. The van der Waals surface area contributed by atoms with Crippen molar-refractivity contribution in [1.82, 2.24) is 10.9 Å². The molecule has 238 valence electrons. The summed E-state index contributed by atoms with van der Waals surface area (Å²) in [7, 11) is 0. The second kappa shape index (κ2) is 26.4. The van der Waals surface area contributed by atoms with Gasteiger partial charge in [0.05, 0.1) is 12.4 Å². The maximum Gasteiger partial charge on any atom is 0.240 e. The lowest BCUT2D eigenvalue weighted by Gasteiger charge is -2.05. The molecule has 0 aliphatic rings. The van der Waals surface area contributed by atoms with Crippen molar-refractivity contribution in [2.75, 3.05) is 0 Å². The minimum absolute atomic E-state index is 0.0291. The molecule has 42 heavy (non-hydrogen) atoms. The molecule has 0 aliphatic carbocycles. The van der Waals surface area contributed by atoms with Gasteiger partial charge < -0.3 is 5.11 Å². The number of amides is 2. The van der Waals surface area contributed by atoms with Gasteiger partial charge in [0, 0.05) is 28.4 Å². The van der Waals surface area contributed by atoms with Crippen LogP contribution in [0.3, 0.4) is 0 Å². The first-order valence-corrected chi connectivity index (χ1v) is 17.4. The van der Waals surface area contributed by atoms with Gasteiger partial charge >= 0.3 is 0 Å². The number of phenols is 1. The maximum absolute atomic E-state index is 12.1. The van der Waals surface area contributed by atoms with E-state index in [1.54, 1.807) is 12.1 Å². The van der Waals surface area contributed by atoms with Gasteiger partial charge in [-0.15, -0.1) is 0 Å². The van der Waals surface area contributed by atoms with Crippen LogP contribution in [-0.2, 0) is 9.59 Å². The van der Waals surface area contributed by atoms with E-state index in [4.69, 9.17) is 0 Å². The number of carbonyl (C=O) groups excluding carboxylic acids is 2. The van der Waals surface area contributed by atoms with Crippen LogP contribution in [0.2, 0.25) is 0 Å². The summed E-state index contributed by atoms with van der Waals surface area (Å²) >= 11 is 3.43. The lowest BCUT2D eigenvalue weighted by atomic mass is 10.1. The van der Waals surface area contributed by atoms with Crippen LogP contribution in [0.1, 0.15) is 166 Å². The van der Waals surface area contributed by atoms with Crippen LogP contribution in [0.5, 0.6) is 5.75 Å². The monoisotopic (exact) mass is 648 g/mol. The average molecular weight is 650 g/mol. The summed E-state index contributed by atoms with van der Waals surface area (Å²) in [6.45, 7) is 4.48. The van der Waals surface area contributed by atoms with Crippen molar-refractivity contribution in [2.24, 2.45) is 10.2 Å². The number of nitrogens with zero attached hydrogens (tertiary/aromatic N) is 2. The Bertz CT molecular complexity index is 851. The highest BCUT2D eigenvalue weighted by Gasteiger charge is 2.08. The summed E-state index contributed by atoms with van der Waals surface area (Å²) in [5.41, 5.74) is 5.95. The minimum Gasteiger partial charge on any atom is -0.507 e. The zero-order valence-electron chi connectivity index (χ0n) is 26.4. The highest BCUT2D eigenvalue weighted by atomic mass is 79.9. The second-order valence-electron chi connectivity index (χ2n) is 11.4. The van der Waals surface area contributed by atoms with Gasteiger partial charge in [-0.25, -0.2) is 10.9 Å². The molecule has 1 rings (SSSR count). The Balaban J connectivity index is 2.27. The van der Waals surface area contributed by atoms with Crippen molar-refractivity contribution in [2.45, 2.75) is 155 Å². The Morgan fingerprint density at radius 2 is 0.929 bits per heavy atom. The molecule has 0 unspecified atom stereocenters. The fraction of sp³-hybridized carbons (Fsp3) is 0.706. The fourth-order valence-corrected chi connectivity index (χ4v) is 5.34. The summed E-state index contributed by atoms with van der Waals surface area (Å²) in [6.07, 6.45) is 28.2. The molecule has 0 saturated heterocycles. The third-order valence-electron chi connectivity index (χ3n) is 7.43. The van der Waals surface area contributed by atoms with Crippen molar-refractivity contribution in [3.8, 4) is 5.75 Å². The first-order chi connectivity index (χ1) is 20.5. The third kappa shape index (κ3) is 20.6. The molecule has 1 aromatic carbocycles. The number of benzene rings is 1. The van der Waals surface area contributed by atoms with Crippen LogP contribution in [0, 0.1) is 0 Å². The molecule has 0 aliphatic heterocycles. The number of carbonyl (C=O) groups is 2. The molecular weight excluding hydrogens is 592 g/mol. The SMILES string of the molecule is CCCCCCCCCCCCC(=O)N/N=C\c1cc(Br)cc(/C=N\NC(=O)CCCCCCCCCCCC)c1O. The van der Waals surface area contributed by atoms with Gasteiger partial charge in [0.2, 0.25) is 11.8 Å². The van der Waals surface area contributed by atoms with E-state index in [9.17, 15) is 14.7 Å². The molecule has 0 spiro atoms. The first-order valence-electron chi connectivity index (χ1n) is 16.6. The number of rotatable bonds is 26. The Morgan fingerprint density at radius 3 is 1.26 bits per heavy atom. The molecule has 0 atom stereocenters. The quantitative estimate of drug-likeness (QED) is 0.0529. The summed E-state index contributed by atoms with van der Waals surface area (Å²) < 4.78 is 0.719. The third-order valence-corrected chi connectivity index (χ3v) is 7.89. The van der Waals surface area contributed by atoms with Crippen molar-refractivity contribution in [3.05, 3.63) is 27.7 Å². The Morgan fingerprint density at radius 1 is 0.619 bits per heavy atom. The normalized spacial score (nSPS) is 11.5. The first kappa shape index (κ1) is 37.8. The van der Waals surface area contributed by atoms with Crippen LogP contribution in [0.4, 0.5) is 0 Å². The van der Waals surface area contributed by atoms with E-state index in [1.807, 2.05) is 0 Å². The molecule has 0 radical (unpaired) electrons. The van der Waals surface area contributed by atoms with Gasteiger partial charge in [0.1, 0.15) is 5.75 Å². The van der Waals surface area contributed by atoms with Crippen LogP contribution in [0.25, 0.3) is 0 Å². The number of phenolic OH excluding ortho intramolecular Hbond substituents is 1. The number of nitrogens with one attached hydrogen (secondary N) is 2. The lowest BCUT2D eigenvalue weighted by Crippen LogP contribution is -2.17. The topological polar surface area (TPSA) is 103 Å². The van der Waals surface area contributed by atoms with Crippen molar-refractivity contribution in [1.29, 1.82) is 0 Å². The number of hydrogen-bond acceptors (Lipinski definition) is 5. The van der Waals surface area contributed by atoms with E-state index in [-0.39, 0.29) is 17.6 Å². The van der Waals surface area contributed by atoms with Crippen LogP contribution in [0.15, 0.2) is 26.8 Å². The molecular formula is C34H57BrN4O3. The number of aromatic hydroxyl groups is 1. The number of hydrazone groups is 2. The molecule has 8 heteroatoms. The van der Waals surface area contributed by atoms with Crippen LogP contribution < -0.4 is 10.9 Å². The van der Waals surface area contributed by atoms with E-state index in [0.717, 1.165) is 30.2 Å². The summed E-state index contributed by atoms with van der Waals surface area (Å²) in [4.78, 5) is 24.2. The number of unbranched alkanes of at least 4 members (excludes halogenated alkanes) is 18. The standard InChI is InChI=1S/C34H57BrN4O3/c1-3-5-7-9-11-13-15-17-19-21-23-32(40)38-36-27-29-25-31(35)26-30(34(29)42)28-37-39-33(41)24-22-20-18-16-14-12-10-8-6-4-2/h25-28,42H,3-24H2,1-2H3,(H,38,40)(H,39,41)/b36-27-,37-28-. The average Bonchev–Trinajstić information content (AvgIpc) is 2.97. The molecule has 0 heterocycles. The van der Waals surface area contributed by atoms with Gasteiger partial charge in [-0.05, 0) is 25.0 Å². The summed E-state index contributed by atoms with van der Waals surface area (Å²) in [5.74, 6) is -0.294. The lowest BCUT2D eigenvalue weighted by molar-refractivity contribution is -0.122. The van der Waals surface area contributed by atoms with Crippen LogP contribution >= 0.6 is 15.9 Å². The Hall–Kier alpha value is -2.22. The van der Waals surface area contributed by atoms with Gasteiger partial charge in [-0.1, -0.05) is 145 Å². The molecule has 0 bridgehead atoms.